The highest BCUT2D eigenvalue weighted by Crippen LogP contribution is 2.21. The van der Waals surface area contributed by atoms with E-state index in [1.165, 1.54) is 11.7 Å². The molecule has 3 heterocycles. The Balaban J connectivity index is 1.63. The maximum atomic E-state index is 12.8. The lowest BCUT2D eigenvalue weighted by molar-refractivity contribution is 0.0952. The Morgan fingerprint density at radius 3 is 2.84 bits per heavy atom. The number of benzene rings is 1. The van der Waals surface area contributed by atoms with E-state index in [9.17, 15) is 4.79 Å². The monoisotopic (exact) mass is 352 g/mol. The number of carbonyl (C=O) groups is 1. The highest BCUT2D eigenvalue weighted by Gasteiger charge is 2.17. The minimum atomic E-state index is -0.136. The molecule has 0 fully saturated rings. The Morgan fingerprint density at radius 2 is 2.00 bits per heavy atom. The van der Waals surface area contributed by atoms with Gasteiger partial charge in [0.05, 0.1) is 28.4 Å². The number of carbonyl (C=O) groups excluding carboxylic acids is 1. The maximum absolute atomic E-state index is 12.8. The zero-order valence-electron chi connectivity index (χ0n) is 14.1. The molecule has 0 saturated carbocycles. The first kappa shape index (κ1) is 15.6. The number of pyridine rings is 1. The summed E-state index contributed by atoms with van der Waals surface area (Å²) in [4.78, 5) is 17.2. The predicted molar refractivity (Wildman–Crippen MR) is 96.6 cm³/mol. The van der Waals surface area contributed by atoms with Gasteiger partial charge in [0, 0.05) is 19.3 Å². The molecule has 3 aromatic heterocycles. The van der Waals surface area contributed by atoms with Crippen LogP contribution in [0.5, 0.6) is 0 Å². The van der Waals surface area contributed by atoms with Crippen molar-refractivity contribution in [1.29, 1.82) is 0 Å². The number of hydrogen-bond acceptors (Lipinski definition) is 6. The van der Waals surface area contributed by atoms with E-state index in [1.54, 1.807) is 10.7 Å². The van der Waals surface area contributed by atoms with E-state index < -0.39 is 0 Å². The zero-order chi connectivity index (χ0) is 17.6. The molecular formula is C17H16N6OS. The lowest BCUT2D eigenvalue weighted by Crippen LogP contribution is -2.23. The highest BCUT2D eigenvalue weighted by molar-refractivity contribution is 7.00. The molecule has 1 amide bonds. The van der Waals surface area contributed by atoms with Crippen LogP contribution < -0.4 is 5.32 Å². The third kappa shape index (κ3) is 2.74. The van der Waals surface area contributed by atoms with Gasteiger partial charge in [-0.25, -0.2) is 4.98 Å². The number of rotatable bonds is 3. The topological polar surface area (TPSA) is 85.6 Å². The van der Waals surface area contributed by atoms with Crippen LogP contribution in [-0.2, 0) is 13.6 Å². The number of hydrogen-bond donors (Lipinski definition) is 1. The molecule has 0 radical (unpaired) electrons. The van der Waals surface area contributed by atoms with Crippen molar-refractivity contribution in [1.82, 2.24) is 28.8 Å². The van der Waals surface area contributed by atoms with Gasteiger partial charge < -0.3 is 5.32 Å². The summed E-state index contributed by atoms with van der Waals surface area (Å²) in [7, 11) is 1.83. The van der Waals surface area contributed by atoms with Crippen molar-refractivity contribution >= 4 is 39.7 Å². The molecule has 0 spiro atoms. The van der Waals surface area contributed by atoms with E-state index in [4.69, 9.17) is 0 Å². The molecule has 0 atom stereocenters. The van der Waals surface area contributed by atoms with Gasteiger partial charge in [0.2, 0.25) is 0 Å². The Morgan fingerprint density at radius 1 is 1.20 bits per heavy atom. The molecule has 8 heteroatoms. The molecule has 1 aromatic carbocycles. The third-order valence-corrected chi connectivity index (χ3v) is 4.67. The molecule has 0 aliphatic heterocycles. The SMILES string of the molecule is Cc1cc(C(=O)NCc2ccc3nsnc3c2)c2c(C)nn(C)c2n1. The normalized spacial score (nSPS) is 11.3. The standard InChI is InChI=1S/C17H16N6OS/c1-9-6-12(15-10(2)20-23(3)16(15)19-9)17(24)18-8-11-4-5-13-14(7-11)22-25-21-13/h4-7H,8H2,1-3H3,(H,18,24). The zero-order valence-corrected chi connectivity index (χ0v) is 14.9. The lowest BCUT2D eigenvalue weighted by Gasteiger charge is -2.08. The molecule has 7 nitrogen and oxygen atoms in total. The van der Waals surface area contributed by atoms with Crippen molar-refractivity contribution in [3.05, 3.63) is 46.8 Å². The largest absolute Gasteiger partial charge is 0.348 e. The van der Waals surface area contributed by atoms with Crippen LogP contribution >= 0.6 is 11.7 Å². The molecule has 4 rings (SSSR count). The molecule has 126 valence electrons. The summed E-state index contributed by atoms with van der Waals surface area (Å²) in [6, 6.07) is 7.62. The highest BCUT2D eigenvalue weighted by atomic mass is 32.1. The van der Waals surface area contributed by atoms with Gasteiger partial charge in [-0.3, -0.25) is 9.48 Å². The maximum Gasteiger partial charge on any atom is 0.252 e. The van der Waals surface area contributed by atoms with Crippen LogP contribution in [0.4, 0.5) is 0 Å². The van der Waals surface area contributed by atoms with E-state index in [-0.39, 0.29) is 5.91 Å². The summed E-state index contributed by atoms with van der Waals surface area (Å²) in [6.45, 7) is 4.19. The lowest BCUT2D eigenvalue weighted by atomic mass is 10.1. The summed E-state index contributed by atoms with van der Waals surface area (Å²) in [5.74, 6) is -0.136. The van der Waals surface area contributed by atoms with Crippen LogP contribution in [0.25, 0.3) is 22.1 Å². The van der Waals surface area contributed by atoms with Gasteiger partial charge in [0.25, 0.3) is 5.91 Å². The number of fused-ring (bicyclic) bond motifs is 2. The molecule has 4 aromatic rings. The van der Waals surface area contributed by atoms with E-state index in [2.05, 4.69) is 24.1 Å². The van der Waals surface area contributed by atoms with Crippen LogP contribution in [0.1, 0.15) is 27.3 Å². The Labute approximate surface area is 148 Å². The summed E-state index contributed by atoms with van der Waals surface area (Å²) < 4.78 is 10.1. The van der Waals surface area contributed by atoms with Crippen LogP contribution in [0.15, 0.2) is 24.3 Å². The number of amides is 1. The second-order valence-corrected chi connectivity index (χ2v) is 6.52. The van der Waals surface area contributed by atoms with Gasteiger partial charge in [-0.1, -0.05) is 6.07 Å². The van der Waals surface area contributed by atoms with E-state index in [1.807, 2.05) is 39.1 Å². The third-order valence-electron chi connectivity index (χ3n) is 4.11. The first-order valence-electron chi connectivity index (χ1n) is 7.83. The van der Waals surface area contributed by atoms with Gasteiger partial charge in [0.1, 0.15) is 11.0 Å². The Bertz CT molecular complexity index is 1110. The fourth-order valence-corrected chi connectivity index (χ4v) is 3.48. The van der Waals surface area contributed by atoms with Crippen molar-refractivity contribution < 1.29 is 4.79 Å². The molecule has 25 heavy (non-hydrogen) atoms. The molecule has 0 aliphatic rings. The fourth-order valence-electron chi connectivity index (χ4n) is 2.96. The first-order chi connectivity index (χ1) is 12.0. The first-order valence-corrected chi connectivity index (χ1v) is 8.56. The van der Waals surface area contributed by atoms with Gasteiger partial charge in [0.15, 0.2) is 5.65 Å². The van der Waals surface area contributed by atoms with Crippen LogP contribution in [0.3, 0.4) is 0 Å². The summed E-state index contributed by atoms with van der Waals surface area (Å²) in [6.07, 6.45) is 0. The Hall–Kier alpha value is -2.87. The van der Waals surface area contributed by atoms with E-state index in [0.29, 0.717) is 12.1 Å². The van der Waals surface area contributed by atoms with Gasteiger partial charge in [-0.05, 0) is 37.6 Å². The smallest absolute Gasteiger partial charge is 0.252 e. The summed E-state index contributed by atoms with van der Waals surface area (Å²) >= 11 is 1.19. The summed E-state index contributed by atoms with van der Waals surface area (Å²) in [5, 5.41) is 8.16. The predicted octanol–water partition coefficient (Wildman–Crippen LogP) is 2.52. The van der Waals surface area contributed by atoms with Crippen molar-refractivity contribution in [2.45, 2.75) is 20.4 Å². The number of nitrogens with one attached hydrogen (secondary N) is 1. The van der Waals surface area contributed by atoms with Crippen molar-refractivity contribution in [3.63, 3.8) is 0 Å². The van der Waals surface area contributed by atoms with Crippen LogP contribution in [0.2, 0.25) is 0 Å². The van der Waals surface area contributed by atoms with Crippen LogP contribution in [-0.4, -0.2) is 29.4 Å². The van der Waals surface area contributed by atoms with Crippen LogP contribution in [0, 0.1) is 13.8 Å². The molecule has 0 unspecified atom stereocenters. The number of aromatic nitrogens is 5. The molecule has 1 N–H and O–H groups in total. The number of nitrogens with zero attached hydrogens (tertiary/aromatic N) is 5. The number of aryl methyl sites for hydroxylation is 3. The van der Waals surface area contributed by atoms with Crippen molar-refractivity contribution in [2.75, 3.05) is 0 Å². The molecule has 0 aliphatic carbocycles. The minimum Gasteiger partial charge on any atom is -0.348 e. The fraction of sp³-hybridized carbons (Fsp3) is 0.235. The van der Waals surface area contributed by atoms with Gasteiger partial charge in [-0.15, -0.1) is 0 Å². The second kappa shape index (κ2) is 5.89. The molecular weight excluding hydrogens is 336 g/mol. The van der Waals surface area contributed by atoms with E-state index in [0.717, 1.165) is 39.0 Å². The van der Waals surface area contributed by atoms with E-state index >= 15 is 0 Å². The van der Waals surface area contributed by atoms with Crippen molar-refractivity contribution in [2.24, 2.45) is 7.05 Å². The van der Waals surface area contributed by atoms with Crippen molar-refractivity contribution in [3.8, 4) is 0 Å². The second-order valence-electron chi connectivity index (χ2n) is 5.99. The molecule has 0 bridgehead atoms. The Kier molecular flexibility index (Phi) is 3.69. The van der Waals surface area contributed by atoms with Gasteiger partial charge in [-0.2, -0.15) is 13.8 Å². The van der Waals surface area contributed by atoms with Gasteiger partial charge >= 0.3 is 0 Å². The average Bonchev–Trinajstić information content (AvgIpc) is 3.16. The quantitative estimate of drug-likeness (QED) is 0.612. The molecule has 0 saturated heterocycles. The minimum absolute atomic E-state index is 0.136. The average molecular weight is 352 g/mol. The summed E-state index contributed by atoms with van der Waals surface area (Å²) in [5.41, 5.74) is 5.61.